The summed E-state index contributed by atoms with van der Waals surface area (Å²) >= 11 is 0. The van der Waals surface area contributed by atoms with Gasteiger partial charge in [0.15, 0.2) is 6.10 Å². The van der Waals surface area contributed by atoms with Gasteiger partial charge in [0.1, 0.15) is 0 Å². The SMILES string of the molecule is COC(=O)C(O)Cc1cccnc1F. The lowest BCUT2D eigenvalue weighted by Crippen LogP contribution is -2.24. The normalized spacial score (nSPS) is 12.2. The second-order valence-corrected chi connectivity index (χ2v) is 2.70. The van der Waals surface area contributed by atoms with Crippen LogP contribution in [0.25, 0.3) is 0 Å². The van der Waals surface area contributed by atoms with Crippen molar-refractivity contribution in [2.45, 2.75) is 12.5 Å². The quantitative estimate of drug-likeness (QED) is 0.561. The molecule has 1 unspecified atom stereocenters. The van der Waals surface area contributed by atoms with Crippen molar-refractivity contribution in [2.75, 3.05) is 7.11 Å². The Hall–Kier alpha value is -1.49. The molecule has 1 atom stereocenters. The summed E-state index contributed by atoms with van der Waals surface area (Å²) in [6.45, 7) is 0. The summed E-state index contributed by atoms with van der Waals surface area (Å²) in [7, 11) is 1.16. The van der Waals surface area contributed by atoms with E-state index in [0.29, 0.717) is 0 Å². The van der Waals surface area contributed by atoms with E-state index in [1.165, 1.54) is 18.3 Å². The maximum atomic E-state index is 12.9. The van der Waals surface area contributed by atoms with E-state index in [9.17, 15) is 14.3 Å². The maximum Gasteiger partial charge on any atom is 0.335 e. The van der Waals surface area contributed by atoms with Crippen LogP contribution >= 0.6 is 0 Å². The van der Waals surface area contributed by atoms with Crippen LogP contribution in [0.2, 0.25) is 0 Å². The van der Waals surface area contributed by atoms with Crippen molar-refractivity contribution < 1.29 is 19.0 Å². The van der Waals surface area contributed by atoms with Gasteiger partial charge in [-0.05, 0) is 6.07 Å². The molecule has 0 spiro atoms. The Morgan fingerprint density at radius 3 is 3.07 bits per heavy atom. The number of esters is 1. The molecule has 0 aliphatic rings. The van der Waals surface area contributed by atoms with Crippen molar-refractivity contribution in [2.24, 2.45) is 0 Å². The molecule has 0 amide bonds. The molecule has 1 N–H and O–H groups in total. The van der Waals surface area contributed by atoms with Crippen molar-refractivity contribution in [3.8, 4) is 0 Å². The lowest BCUT2D eigenvalue weighted by atomic mass is 10.1. The van der Waals surface area contributed by atoms with Crippen LogP contribution in [0.1, 0.15) is 5.56 Å². The van der Waals surface area contributed by atoms with Gasteiger partial charge in [0.25, 0.3) is 0 Å². The molecule has 0 aromatic carbocycles. The van der Waals surface area contributed by atoms with Gasteiger partial charge in [-0.1, -0.05) is 6.07 Å². The van der Waals surface area contributed by atoms with Crippen molar-refractivity contribution in [1.82, 2.24) is 4.98 Å². The van der Waals surface area contributed by atoms with Crippen LogP contribution in [0.5, 0.6) is 0 Å². The van der Waals surface area contributed by atoms with Gasteiger partial charge in [-0.2, -0.15) is 4.39 Å². The van der Waals surface area contributed by atoms with Crippen LogP contribution in [-0.4, -0.2) is 29.3 Å². The molecule has 0 aliphatic carbocycles. The van der Waals surface area contributed by atoms with Crippen LogP contribution in [0.15, 0.2) is 18.3 Å². The van der Waals surface area contributed by atoms with Crippen LogP contribution in [-0.2, 0) is 16.0 Å². The summed E-state index contributed by atoms with van der Waals surface area (Å²) in [5, 5.41) is 9.23. The molecule has 0 saturated heterocycles. The number of carbonyl (C=O) groups excluding carboxylic acids is 1. The molecule has 0 saturated carbocycles. The first-order valence-corrected chi connectivity index (χ1v) is 4.00. The number of methoxy groups -OCH3 is 1. The number of rotatable bonds is 3. The van der Waals surface area contributed by atoms with Gasteiger partial charge in [-0.15, -0.1) is 0 Å². The fraction of sp³-hybridized carbons (Fsp3) is 0.333. The summed E-state index contributed by atoms with van der Waals surface area (Å²) in [6.07, 6.45) is -0.186. The number of ether oxygens (including phenoxy) is 1. The summed E-state index contributed by atoms with van der Waals surface area (Å²) in [5.41, 5.74) is 0.186. The highest BCUT2D eigenvalue weighted by Gasteiger charge is 2.17. The summed E-state index contributed by atoms with van der Waals surface area (Å²) in [5.74, 6) is -1.47. The van der Waals surface area contributed by atoms with E-state index in [-0.39, 0.29) is 12.0 Å². The predicted octanol–water partition coefficient (Wildman–Crippen LogP) is 0.297. The average Bonchev–Trinajstić information content (AvgIpc) is 2.20. The first-order chi connectivity index (χ1) is 6.65. The lowest BCUT2D eigenvalue weighted by molar-refractivity contribution is -0.150. The zero-order chi connectivity index (χ0) is 10.6. The van der Waals surface area contributed by atoms with Gasteiger partial charge in [0.05, 0.1) is 7.11 Å². The molecule has 1 heterocycles. The van der Waals surface area contributed by atoms with Gasteiger partial charge in [0.2, 0.25) is 5.95 Å². The molecule has 0 bridgehead atoms. The number of pyridine rings is 1. The van der Waals surface area contributed by atoms with Gasteiger partial charge >= 0.3 is 5.97 Å². The van der Waals surface area contributed by atoms with Crippen molar-refractivity contribution in [1.29, 1.82) is 0 Å². The fourth-order valence-corrected chi connectivity index (χ4v) is 0.999. The molecule has 14 heavy (non-hydrogen) atoms. The van der Waals surface area contributed by atoms with Crippen molar-refractivity contribution in [3.05, 3.63) is 29.8 Å². The Morgan fingerprint density at radius 2 is 2.50 bits per heavy atom. The minimum Gasteiger partial charge on any atom is -0.467 e. The third-order valence-corrected chi connectivity index (χ3v) is 1.72. The predicted molar refractivity (Wildman–Crippen MR) is 45.9 cm³/mol. The van der Waals surface area contributed by atoms with Crippen LogP contribution in [0.3, 0.4) is 0 Å². The smallest absolute Gasteiger partial charge is 0.335 e. The molecule has 1 aromatic rings. The van der Waals surface area contributed by atoms with E-state index in [2.05, 4.69) is 9.72 Å². The molecule has 0 aliphatic heterocycles. The summed E-state index contributed by atoms with van der Waals surface area (Å²) in [6, 6.07) is 2.98. The number of aromatic nitrogens is 1. The molecule has 1 aromatic heterocycles. The molecular formula is C9H10FNO3. The van der Waals surface area contributed by atoms with E-state index in [1.807, 2.05) is 0 Å². The van der Waals surface area contributed by atoms with Crippen LogP contribution in [0.4, 0.5) is 4.39 Å². The molecule has 76 valence electrons. The number of aliphatic hydroxyl groups excluding tert-OH is 1. The van der Waals surface area contributed by atoms with Crippen LogP contribution < -0.4 is 0 Å². The van der Waals surface area contributed by atoms with E-state index >= 15 is 0 Å². The molecule has 0 radical (unpaired) electrons. The zero-order valence-electron chi connectivity index (χ0n) is 7.61. The number of nitrogens with zero attached hydrogens (tertiary/aromatic N) is 1. The Morgan fingerprint density at radius 1 is 1.79 bits per heavy atom. The number of hydrogen-bond donors (Lipinski definition) is 1. The zero-order valence-corrected chi connectivity index (χ0v) is 7.61. The van der Waals surface area contributed by atoms with Crippen molar-refractivity contribution >= 4 is 5.97 Å². The van der Waals surface area contributed by atoms with Gasteiger partial charge in [0, 0.05) is 18.2 Å². The second kappa shape index (κ2) is 4.66. The molecule has 5 heteroatoms. The fourth-order valence-electron chi connectivity index (χ4n) is 0.999. The van der Waals surface area contributed by atoms with Gasteiger partial charge in [-0.25, -0.2) is 9.78 Å². The van der Waals surface area contributed by atoms with E-state index < -0.39 is 18.0 Å². The lowest BCUT2D eigenvalue weighted by Gasteiger charge is -2.07. The molecular weight excluding hydrogens is 189 g/mol. The van der Waals surface area contributed by atoms with Gasteiger partial charge in [-0.3, -0.25) is 0 Å². The Bertz CT molecular complexity index is 330. The largest absolute Gasteiger partial charge is 0.467 e. The number of hydrogen-bond acceptors (Lipinski definition) is 4. The minimum atomic E-state index is -1.35. The number of halogens is 1. The number of aliphatic hydroxyl groups is 1. The summed E-state index contributed by atoms with van der Waals surface area (Å²) in [4.78, 5) is 14.2. The van der Waals surface area contributed by atoms with E-state index in [4.69, 9.17) is 0 Å². The van der Waals surface area contributed by atoms with E-state index in [1.54, 1.807) is 0 Å². The monoisotopic (exact) mass is 199 g/mol. The third kappa shape index (κ3) is 2.50. The standard InChI is InChI=1S/C9H10FNO3/c1-14-9(13)7(12)5-6-3-2-4-11-8(6)10/h2-4,7,12H,5H2,1H3. The summed E-state index contributed by atoms with van der Waals surface area (Å²) < 4.78 is 17.2. The Labute approximate surface area is 80.3 Å². The Kier molecular flexibility index (Phi) is 3.53. The average molecular weight is 199 g/mol. The maximum absolute atomic E-state index is 12.9. The third-order valence-electron chi connectivity index (χ3n) is 1.72. The minimum absolute atomic E-state index is 0.133. The Balaban J connectivity index is 2.69. The highest BCUT2D eigenvalue weighted by Crippen LogP contribution is 2.07. The highest BCUT2D eigenvalue weighted by atomic mass is 19.1. The number of carbonyl (C=O) groups is 1. The molecule has 4 nitrogen and oxygen atoms in total. The van der Waals surface area contributed by atoms with E-state index in [0.717, 1.165) is 7.11 Å². The molecule has 1 rings (SSSR count). The highest BCUT2D eigenvalue weighted by molar-refractivity contribution is 5.74. The van der Waals surface area contributed by atoms with Crippen LogP contribution in [0, 0.1) is 5.95 Å². The second-order valence-electron chi connectivity index (χ2n) is 2.70. The first kappa shape index (κ1) is 10.6. The molecule has 0 fully saturated rings. The topological polar surface area (TPSA) is 59.4 Å². The van der Waals surface area contributed by atoms with Gasteiger partial charge < -0.3 is 9.84 Å². The van der Waals surface area contributed by atoms with Crippen molar-refractivity contribution in [3.63, 3.8) is 0 Å². The first-order valence-electron chi connectivity index (χ1n) is 4.00.